The summed E-state index contributed by atoms with van der Waals surface area (Å²) in [6, 6.07) is 15.6. The topological polar surface area (TPSA) is 71.1 Å². The van der Waals surface area contributed by atoms with Gasteiger partial charge in [-0.2, -0.15) is 15.4 Å². The van der Waals surface area contributed by atoms with Crippen molar-refractivity contribution in [1.29, 1.82) is 0 Å². The monoisotopic (exact) mass is 376 g/mol. The van der Waals surface area contributed by atoms with Crippen molar-refractivity contribution in [2.45, 2.75) is 12.3 Å². The van der Waals surface area contributed by atoms with Gasteiger partial charge in [-0.05, 0) is 30.2 Å². The average molecular weight is 376 g/mol. The number of rotatable bonds is 8. The molecule has 0 aliphatic heterocycles. The molecular weight excluding hydrogens is 352 g/mol. The molecule has 0 bridgehead atoms. The zero-order chi connectivity index (χ0) is 19.9. The van der Waals surface area contributed by atoms with Gasteiger partial charge >= 0.3 is 0 Å². The van der Waals surface area contributed by atoms with Gasteiger partial charge in [0, 0.05) is 25.1 Å². The third-order valence-corrected chi connectivity index (χ3v) is 4.70. The number of allylic oxidation sites excluding steroid dienone is 1. The maximum Gasteiger partial charge on any atom is 0.257 e. The average Bonchev–Trinajstić information content (AvgIpc) is 3.28. The number of hydrogen-bond acceptors (Lipinski definition) is 4. The molecule has 1 aromatic heterocycles. The molecule has 3 aromatic rings. The van der Waals surface area contributed by atoms with Crippen LogP contribution in [0.1, 0.15) is 28.3 Å². The molecular formula is C22H24N4O2. The number of carbonyl (C=O) groups excluding carboxylic acids is 1. The lowest BCUT2D eigenvalue weighted by Gasteiger charge is -2.25. The molecule has 2 aromatic carbocycles. The predicted octanol–water partition coefficient (Wildman–Crippen LogP) is 3.91. The number of hydrogen-bond donors (Lipinski definition) is 1. The van der Waals surface area contributed by atoms with Gasteiger partial charge in [-0.15, -0.1) is 6.58 Å². The van der Waals surface area contributed by atoms with Gasteiger partial charge in [-0.25, -0.2) is 0 Å². The van der Waals surface area contributed by atoms with Crippen molar-refractivity contribution in [2.24, 2.45) is 0 Å². The van der Waals surface area contributed by atoms with Crippen LogP contribution in [0.2, 0.25) is 0 Å². The van der Waals surface area contributed by atoms with Crippen molar-refractivity contribution in [3.8, 4) is 17.0 Å². The minimum atomic E-state index is -0.104. The second kappa shape index (κ2) is 8.99. The Morgan fingerprint density at radius 1 is 1.29 bits per heavy atom. The Balaban J connectivity index is 1.85. The summed E-state index contributed by atoms with van der Waals surface area (Å²) < 4.78 is 5.42. The number of aromatic amines is 1. The fourth-order valence-electron chi connectivity index (χ4n) is 3.24. The molecule has 3 rings (SSSR count). The Labute approximate surface area is 164 Å². The minimum absolute atomic E-state index is 0.104. The predicted molar refractivity (Wildman–Crippen MR) is 109 cm³/mol. The van der Waals surface area contributed by atoms with Crippen LogP contribution in [0.5, 0.6) is 5.75 Å². The van der Waals surface area contributed by atoms with E-state index in [1.54, 1.807) is 30.3 Å². The molecule has 1 heterocycles. The molecule has 0 aliphatic rings. The summed E-state index contributed by atoms with van der Waals surface area (Å²) in [5.41, 5.74) is 3.16. The molecule has 0 spiro atoms. The van der Waals surface area contributed by atoms with Crippen LogP contribution >= 0.6 is 0 Å². The smallest absolute Gasteiger partial charge is 0.257 e. The second-order valence-electron chi connectivity index (χ2n) is 6.59. The molecule has 0 saturated heterocycles. The number of benzene rings is 2. The van der Waals surface area contributed by atoms with Gasteiger partial charge in [0.05, 0.1) is 18.9 Å². The first-order valence-corrected chi connectivity index (χ1v) is 9.09. The van der Waals surface area contributed by atoms with Gasteiger partial charge in [0.25, 0.3) is 5.91 Å². The summed E-state index contributed by atoms with van der Waals surface area (Å²) >= 11 is 0. The van der Waals surface area contributed by atoms with E-state index < -0.39 is 0 Å². The molecule has 1 amide bonds. The van der Waals surface area contributed by atoms with Crippen LogP contribution in [0.4, 0.5) is 0 Å². The SMILES string of the molecule is C=CCC(CN(C)C(=O)c1cc(-c2cn[nH]n2)ccc1OC)c1ccccc1. The molecule has 0 fully saturated rings. The Morgan fingerprint density at radius 3 is 2.71 bits per heavy atom. The van der Waals surface area contributed by atoms with Gasteiger partial charge in [-0.1, -0.05) is 36.4 Å². The lowest BCUT2D eigenvalue weighted by atomic mass is 9.95. The van der Waals surface area contributed by atoms with E-state index in [0.29, 0.717) is 23.6 Å². The van der Waals surface area contributed by atoms with Crippen LogP contribution in [0.25, 0.3) is 11.3 Å². The highest BCUT2D eigenvalue weighted by atomic mass is 16.5. The van der Waals surface area contributed by atoms with Gasteiger partial charge in [0.1, 0.15) is 11.4 Å². The molecule has 0 radical (unpaired) electrons. The fraction of sp³-hybridized carbons (Fsp3) is 0.227. The molecule has 0 saturated carbocycles. The van der Waals surface area contributed by atoms with Crippen molar-refractivity contribution in [3.63, 3.8) is 0 Å². The Kier molecular flexibility index (Phi) is 6.22. The molecule has 144 valence electrons. The molecule has 1 atom stereocenters. The Morgan fingerprint density at radius 2 is 2.07 bits per heavy atom. The molecule has 1 unspecified atom stereocenters. The number of amides is 1. The van der Waals surface area contributed by atoms with Crippen LogP contribution in [-0.4, -0.2) is 46.9 Å². The summed E-state index contributed by atoms with van der Waals surface area (Å²) in [7, 11) is 3.37. The molecule has 28 heavy (non-hydrogen) atoms. The van der Waals surface area contributed by atoms with Crippen molar-refractivity contribution < 1.29 is 9.53 Å². The summed E-state index contributed by atoms with van der Waals surface area (Å²) in [6.45, 7) is 4.44. The first-order chi connectivity index (χ1) is 13.6. The van der Waals surface area contributed by atoms with Crippen molar-refractivity contribution >= 4 is 5.91 Å². The maximum atomic E-state index is 13.2. The number of aromatic nitrogens is 3. The Bertz CT molecular complexity index is 923. The lowest BCUT2D eigenvalue weighted by Crippen LogP contribution is -2.31. The van der Waals surface area contributed by atoms with E-state index >= 15 is 0 Å². The minimum Gasteiger partial charge on any atom is -0.496 e. The highest BCUT2D eigenvalue weighted by Gasteiger charge is 2.21. The third kappa shape index (κ3) is 4.28. The summed E-state index contributed by atoms with van der Waals surface area (Å²) in [6.07, 6.45) is 4.30. The summed E-state index contributed by atoms with van der Waals surface area (Å²) in [5, 5.41) is 10.5. The van der Waals surface area contributed by atoms with E-state index in [4.69, 9.17) is 4.74 Å². The maximum absolute atomic E-state index is 13.2. The third-order valence-electron chi connectivity index (χ3n) is 4.70. The number of nitrogens with one attached hydrogen (secondary N) is 1. The molecule has 1 N–H and O–H groups in total. The van der Waals surface area contributed by atoms with Crippen LogP contribution < -0.4 is 4.74 Å². The van der Waals surface area contributed by atoms with Crippen molar-refractivity contribution in [2.75, 3.05) is 20.7 Å². The van der Waals surface area contributed by atoms with Gasteiger partial charge in [0.15, 0.2) is 0 Å². The van der Waals surface area contributed by atoms with E-state index in [9.17, 15) is 4.79 Å². The van der Waals surface area contributed by atoms with E-state index in [1.807, 2.05) is 37.4 Å². The number of carbonyl (C=O) groups is 1. The van der Waals surface area contributed by atoms with Crippen LogP contribution in [0.15, 0.2) is 67.4 Å². The number of methoxy groups -OCH3 is 1. The standard InChI is InChI=1S/C22H24N4O2/c1-4-8-18(16-9-6-5-7-10-16)15-26(2)22(27)19-13-17(11-12-21(19)28-3)20-14-23-25-24-20/h4-7,9-14,18H,1,8,15H2,2-3H3,(H,23,24,25). The number of nitrogens with zero attached hydrogens (tertiary/aromatic N) is 3. The van der Waals surface area contributed by atoms with Crippen LogP contribution in [0.3, 0.4) is 0 Å². The van der Waals surface area contributed by atoms with Gasteiger partial charge < -0.3 is 9.64 Å². The molecule has 0 aliphatic carbocycles. The first kappa shape index (κ1) is 19.4. The zero-order valence-electron chi connectivity index (χ0n) is 16.1. The highest BCUT2D eigenvalue weighted by molar-refractivity contribution is 5.98. The first-order valence-electron chi connectivity index (χ1n) is 9.09. The largest absolute Gasteiger partial charge is 0.496 e. The zero-order valence-corrected chi connectivity index (χ0v) is 16.1. The summed E-state index contributed by atoms with van der Waals surface area (Å²) in [4.78, 5) is 14.9. The summed E-state index contributed by atoms with van der Waals surface area (Å²) in [5.74, 6) is 0.605. The quantitative estimate of drug-likeness (QED) is 0.605. The van der Waals surface area contributed by atoms with E-state index in [-0.39, 0.29) is 11.8 Å². The lowest BCUT2D eigenvalue weighted by molar-refractivity contribution is 0.0783. The number of likely N-dealkylation sites (N-methyl/N-ethyl adjacent to an activating group) is 1. The van der Waals surface area contributed by atoms with Crippen molar-refractivity contribution in [1.82, 2.24) is 20.3 Å². The van der Waals surface area contributed by atoms with Crippen molar-refractivity contribution in [3.05, 3.63) is 78.5 Å². The van der Waals surface area contributed by atoms with E-state index in [2.05, 4.69) is 34.1 Å². The van der Waals surface area contributed by atoms with Crippen LogP contribution in [0, 0.1) is 0 Å². The highest BCUT2D eigenvalue weighted by Crippen LogP contribution is 2.27. The fourth-order valence-corrected chi connectivity index (χ4v) is 3.24. The van der Waals surface area contributed by atoms with E-state index in [1.165, 1.54) is 5.56 Å². The normalized spacial score (nSPS) is 11.6. The number of ether oxygens (including phenoxy) is 1. The number of H-pyrrole nitrogens is 1. The molecule has 6 heteroatoms. The van der Waals surface area contributed by atoms with Gasteiger partial charge in [0.2, 0.25) is 0 Å². The van der Waals surface area contributed by atoms with Gasteiger partial charge in [-0.3, -0.25) is 4.79 Å². The Hall–Kier alpha value is -3.41. The van der Waals surface area contributed by atoms with Crippen LogP contribution in [-0.2, 0) is 0 Å². The molecule has 6 nitrogen and oxygen atoms in total. The van der Waals surface area contributed by atoms with E-state index in [0.717, 1.165) is 12.0 Å². The second-order valence-corrected chi connectivity index (χ2v) is 6.59.